The van der Waals surface area contributed by atoms with Crippen molar-refractivity contribution in [1.82, 2.24) is 15.6 Å². The third-order valence-electron chi connectivity index (χ3n) is 3.32. The molecule has 0 spiro atoms. The molecule has 2 aromatic rings. The summed E-state index contributed by atoms with van der Waals surface area (Å²) >= 11 is 7.51. The molecule has 0 bridgehead atoms. The van der Waals surface area contributed by atoms with E-state index in [1.54, 1.807) is 25.3 Å². The fraction of sp³-hybridized carbons (Fsp3) is 0.333. The molecule has 9 heteroatoms. The van der Waals surface area contributed by atoms with Crippen molar-refractivity contribution in [3.63, 3.8) is 0 Å². The van der Waals surface area contributed by atoms with Gasteiger partial charge in [-0.15, -0.1) is 11.3 Å². The van der Waals surface area contributed by atoms with Gasteiger partial charge in [-0.1, -0.05) is 29.8 Å². The van der Waals surface area contributed by atoms with Crippen molar-refractivity contribution in [2.24, 2.45) is 0 Å². The fourth-order valence-corrected chi connectivity index (χ4v) is 3.24. The van der Waals surface area contributed by atoms with Gasteiger partial charge in [-0.25, -0.2) is 9.78 Å². The molecule has 0 aliphatic rings. The van der Waals surface area contributed by atoms with Gasteiger partial charge in [-0.2, -0.15) is 0 Å². The van der Waals surface area contributed by atoms with Gasteiger partial charge >= 0.3 is 12.0 Å². The van der Waals surface area contributed by atoms with E-state index in [1.165, 1.54) is 18.3 Å². The lowest BCUT2D eigenvalue weighted by Crippen LogP contribution is -2.46. The number of imide groups is 1. The van der Waals surface area contributed by atoms with E-state index < -0.39 is 24.0 Å². The maximum absolute atomic E-state index is 12.0. The smallest absolute Gasteiger partial charge is 0.321 e. The molecule has 3 amide bonds. The second-order valence-corrected chi connectivity index (χ2v) is 7.32. The van der Waals surface area contributed by atoms with Crippen LogP contribution in [0.4, 0.5) is 4.79 Å². The molecule has 2 N–H and O–H groups in total. The van der Waals surface area contributed by atoms with Crippen LogP contribution in [0.15, 0.2) is 29.6 Å². The Hall–Kier alpha value is -2.45. The van der Waals surface area contributed by atoms with E-state index in [9.17, 15) is 14.4 Å². The van der Waals surface area contributed by atoms with E-state index >= 15 is 0 Å². The largest absolute Gasteiger partial charge is 0.452 e. The Balaban J connectivity index is 1.89. The van der Waals surface area contributed by atoms with E-state index in [0.29, 0.717) is 15.7 Å². The molecule has 0 fully saturated rings. The molecule has 0 saturated heterocycles. The number of halogens is 1. The topological polar surface area (TPSA) is 97.4 Å². The quantitative estimate of drug-likeness (QED) is 0.714. The highest BCUT2D eigenvalue weighted by Crippen LogP contribution is 2.30. The number of thiazole rings is 1. The monoisotopic (exact) mass is 409 g/mol. The highest BCUT2D eigenvalue weighted by molar-refractivity contribution is 7.13. The van der Waals surface area contributed by atoms with Crippen LogP contribution in [0.3, 0.4) is 0 Å². The summed E-state index contributed by atoms with van der Waals surface area (Å²) in [5, 5.41) is 7.64. The van der Waals surface area contributed by atoms with Gasteiger partial charge in [0.1, 0.15) is 5.01 Å². The number of esters is 1. The summed E-state index contributed by atoms with van der Waals surface area (Å²) in [5.74, 6) is -1.31. The Morgan fingerprint density at radius 3 is 2.59 bits per heavy atom. The normalized spacial score (nSPS) is 11.7. The number of urea groups is 1. The van der Waals surface area contributed by atoms with Gasteiger partial charge in [-0.3, -0.25) is 14.9 Å². The van der Waals surface area contributed by atoms with Crippen LogP contribution in [-0.4, -0.2) is 35.0 Å². The van der Waals surface area contributed by atoms with Gasteiger partial charge in [0.15, 0.2) is 6.10 Å². The average Bonchev–Trinajstić information content (AvgIpc) is 3.02. The first kappa shape index (κ1) is 20.9. The molecule has 2 rings (SSSR count). The predicted molar refractivity (Wildman–Crippen MR) is 104 cm³/mol. The van der Waals surface area contributed by atoms with Crippen molar-refractivity contribution < 1.29 is 19.1 Å². The van der Waals surface area contributed by atoms with Gasteiger partial charge in [-0.05, 0) is 26.8 Å². The number of benzene rings is 1. The molecular weight excluding hydrogens is 390 g/mol. The molecule has 144 valence electrons. The lowest BCUT2D eigenvalue weighted by molar-refractivity contribution is -0.153. The van der Waals surface area contributed by atoms with Crippen LogP contribution in [0.2, 0.25) is 5.02 Å². The number of hydrogen-bond acceptors (Lipinski definition) is 6. The Morgan fingerprint density at radius 1 is 1.22 bits per heavy atom. The van der Waals surface area contributed by atoms with Gasteiger partial charge in [0.2, 0.25) is 0 Å². The molecule has 0 aliphatic carbocycles. The number of nitrogens with one attached hydrogen (secondary N) is 2. The molecule has 1 aromatic carbocycles. The van der Waals surface area contributed by atoms with Gasteiger partial charge in [0.25, 0.3) is 5.91 Å². The van der Waals surface area contributed by atoms with E-state index in [4.69, 9.17) is 16.3 Å². The molecule has 1 heterocycles. The van der Waals surface area contributed by atoms with Crippen LogP contribution in [0.1, 0.15) is 26.5 Å². The molecule has 0 aliphatic heterocycles. The lowest BCUT2D eigenvalue weighted by Gasteiger charge is -2.14. The van der Waals surface area contributed by atoms with Crippen LogP contribution in [0.25, 0.3) is 10.6 Å². The summed E-state index contributed by atoms with van der Waals surface area (Å²) in [6, 6.07) is 6.53. The molecule has 27 heavy (non-hydrogen) atoms. The number of hydrogen-bond donors (Lipinski definition) is 2. The Morgan fingerprint density at radius 2 is 1.93 bits per heavy atom. The SMILES string of the molecule is CC(C)NC(=O)NC(=O)[C@H](C)OC(=O)Cc1csc(-c2ccccc2Cl)n1. The Kier molecular flexibility index (Phi) is 7.32. The van der Waals surface area contributed by atoms with Crippen molar-refractivity contribution in [1.29, 1.82) is 0 Å². The summed E-state index contributed by atoms with van der Waals surface area (Å²) in [6.07, 6.45) is -1.19. The first-order valence-electron chi connectivity index (χ1n) is 8.26. The number of aromatic nitrogens is 1. The number of carbonyl (C=O) groups is 3. The van der Waals surface area contributed by atoms with E-state index in [2.05, 4.69) is 15.6 Å². The number of nitrogens with zero attached hydrogens (tertiary/aromatic N) is 1. The van der Waals surface area contributed by atoms with Crippen LogP contribution < -0.4 is 10.6 Å². The molecule has 0 radical (unpaired) electrons. The summed E-state index contributed by atoms with van der Waals surface area (Å²) in [7, 11) is 0. The zero-order valence-electron chi connectivity index (χ0n) is 15.1. The summed E-state index contributed by atoms with van der Waals surface area (Å²) < 4.78 is 5.07. The van der Waals surface area contributed by atoms with Crippen molar-refractivity contribution in [3.05, 3.63) is 40.4 Å². The van der Waals surface area contributed by atoms with Crippen LogP contribution in [-0.2, 0) is 20.7 Å². The maximum Gasteiger partial charge on any atom is 0.321 e. The minimum atomic E-state index is -1.10. The molecule has 7 nitrogen and oxygen atoms in total. The van der Waals surface area contributed by atoms with Gasteiger partial charge in [0.05, 0.1) is 17.1 Å². The molecule has 1 aromatic heterocycles. The summed E-state index contributed by atoms with van der Waals surface area (Å²) in [4.78, 5) is 39.8. The predicted octanol–water partition coefficient (Wildman–Crippen LogP) is 3.17. The van der Waals surface area contributed by atoms with Crippen molar-refractivity contribution in [2.45, 2.75) is 39.3 Å². The molecular formula is C18H20ClN3O4S. The van der Waals surface area contributed by atoms with E-state index in [1.807, 2.05) is 18.2 Å². The summed E-state index contributed by atoms with van der Waals surface area (Å²) in [5.41, 5.74) is 1.30. The van der Waals surface area contributed by atoms with Gasteiger partial charge in [0, 0.05) is 17.0 Å². The second kappa shape index (κ2) is 9.48. The number of rotatable bonds is 6. The molecule has 1 atom stereocenters. The van der Waals surface area contributed by atoms with Crippen molar-refractivity contribution >= 4 is 40.8 Å². The highest BCUT2D eigenvalue weighted by Gasteiger charge is 2.21. The van der Waals surface area contributed by atoms with Crippen molar-refractivity contribution in [3.8, 4) is 10.6 Å². The first-order valence-corrected chi connectivity index (χ1v) is 9.52. The Labute approximate surface area is 166 Å². The molecule has 0 unspecified atom stereocenters. The second-order valence-electron chi connectivity index (χ2n) is 6.05. The first-order chi connectivity index (χ1) is 12.8. The van der Waals surface area contributed by atoms with Crippen LogP contribution >= 0.6 is 22.9 Å². The van der Waals surface area contributed by atoms with E-state index in [0.717, 1.165) is 5.56 Å². The fourth-order valence-electron chi connectivity index (χ4n) is 2.10. The van der Waals surface area contributed by atoms with Crippen molar-refractivity contribution in [2.75, 3.05) is 0 Å². The maximum atomic E-state index is 12.0. The number of ether oxygens (including phenoxy) is 1. The third kappa shape index (κ3) is 6.33. The summed E-state index contributed by atoms with van der Waals surface area (Å²) in [6.45, 7) is 4.92. The minimum absolute atomic E-state index is 0.0865. The number of amides is 3. The zero-order valence-corrected chi connectivity index (χ0v) is 16.7. The van der Waals surface area contributed by atoms with E-state index in [-0.39, 0.29) is 12.5 Å². The third-order valence-corrected chi connectivity index (χ3v) is 4.57. The molecule has 0 saturated carbocycles. The standard InChI is InChI=1S/C18H20ClN3O4S/c1-10(2)20-18(25)22-16(24)11(3)26-15(23)8-12-9-27-17(21-12)13-6-4-5-7-14(13)19/h4-7,9-11H,8H2,1-3H3,(H2,20,22,24,25)/t11-/m0/s1. The highest BCUT2D eigenvalue weighted by atomic mass is 35.5. The number of carbonyl (C=O) groups excluding carboxylic acids is 3. The minimum Gasteiger partial charge on any atom is -0.452 e. The van der Waals surface area contributed by atoms with Crippen LogP contribution in [0.5, 0.6) is 0 Å². The zero-order chi connectivity index (χ0) is 20.0. The van der Waals surface area contributed by atoms with Gasteiger partial charge < -0.3 is 10.1 Å². The Bertz CT molecular complexity index is 838. The average molecular weight is 410 g/mol. The lowest BCUT2D eigenvalue weighted by atomic mass is 10.2. The van der Waals surface area contributed by atoms with Crippen LogP contribution in [0, 0.1) is 0 Å².